The van der Waals surface area contributed by atoms with Gasteiger partial charge in [-0.15, -0.1) is 0 Å². The Morgan fingerprint density at radius 2 is 2.06 bits per heavy atom. The van der Waals surface area contributed by atoms with Crippen LogP contribution in [0.4, 0.5) is 0 Å². The second-order valence-electron chi connectivity index (χ2n) is 4.48. The highest BCUT2D eigenvalue weighted by Crippen LogP contribution is 2.23. The van der Waals surface area contributed by atoms with Crippen molar-refractivity contribution in [2.24, 2.45) is 5.73 Å². The third-order valence-corrected chi connectivity index (χ3v) is 2.54. The molecular formula is C14H15N2. The minimum Gasteiger partial charge on any atom is -0.322 e. The summed E-state index contributed by atoms with van der Waals surface area (Å²) in [5.74, 6) is 0. The van der Waals surface area contributed by atoms with Crippen LogP contribution in [0.25, 0.3) is 11.1 Å². The number of rotatable bonds is 2. The van der Waals surface area contributed by atoms with Crippen molar-refractivity contribution in [3.63, 3.8) is 0 Å². The van der Waals surface area contributed by atoms with Gasteiger partial charge in [-0.2, -0.15) is 0 Å². The van der Waals surface area contributed by atoms with Gasteiger partial charge in [-0.3, -0.25) is 4.98 Å². The standard InChI is InChI=1S/C14H15N2/c1-14(2,15)13-7-3-5-11(9-13)12-6-4-8-16-10-12/h3,5-10H,15H2,1-2H3. The largest absolute Gasteiger partial charge is 0.322 e. The molecule has 0 atom stereocenters. The smallest absolute Gasteiger partial charge is 0.0352 e. The molecule has 0 amide bonds. The first-order valence-corrected chi connectivity index (χ1v) is 5.28. The molecule has 2 nitrogen and oxygen atoms in total. The number of nitrogens with zero attached hydrogens (tertiary/aromatic N) is 1. The Balaban J connectivity index is 2.45. The molecule has 0 spiro atoms. The summed E-state index contributed by atoms with van der Waals surface area (Å²) in [7, 11) is 0. The summed E-state index contributed by atoms with van der Waals surface area (Å²) in [5, 5.41) is 0. The van der Waals surface area contributed by atoms with Crippen LogP contribution in [0.5, 0.6) is 0 Å². The first-order valence-electron chi connectivity index (χ1n) is 5.28. The third-order valence-electron chi connectivity index (χ3n) is 2.54. The summed E-state index contributed by atoms with van der Waals surface area (Å²) >= 11 is 0. The van der Waals surface area contributed by atoms with Crippen LogP contribution in [-0.4, -0.2) is 4.98 Å². The molecule has 0 aliphatic heterocycles. The number of aromatic nitrogens is 1. The van der Waals surface area contributed by atoms with Gasteiger partial charge in [0.25, 0.3) is 0 Å². The Morgan fingerprint density at radius 1 is 1.25 bits per heavy atom. The van der Waals surface area contributed by atoms with E-state index in [-0.39, 0.29) is 5.54 Å². The maximum Gasteiger partial charge on any atom is 0.0352 e. The number of benzene rings is 1. The molecule has 2 rings (SSSR count). The zero-order chi connectivity index (χ0) is 11.6. The molecule has 0 aliphatic carbocycles. The molecule has 16 heavy (non-hydrogen) atoms. The molecular weight excluding hydrogens is 196 g/mol. The molecule has 2 N–H and O–H groups in total. The van der Waals surface area contributed by atoms with Gasteiger partial charge in [0.2, 0.25) is 0 Å². The van der Waals surface area contributed by atoms with E-state index in [4.69, 9.17) is 5.73 Å². The van der Waals surface area contributed by atoms with Crippen molar-refractivity contribution in [2.75, 3.05) is 0 Å². The summed E-state index contributed by atoms with van der Waals surface area (Å²) in [6.07, 6.45) is 3.49. The summed E-state index contributed by atoms with van der Waals surface area (Å²) in [5.41, 5.74) is 9.07. The lowest BCUT2D eigenvalue weighted by Gasteiger charge is -2.19. The number of nitrogens with two attached hydrogens (primary N) is 1. The zero-order valence-electron chi connectivity index (χ0n) is 9.57. The Morgan fingerprint density at radius 3 is 2.69 bits per heavy atom. The van der Waals surface area contributed by atoms with Gasteiger partial charge in [-0.25, -0.2) is 0 Å². The van der Waals surface area contributed by atoms with E-state index in [1.165, 1.54) is 0 Å². The Kier molecular flexibility index (Phi) is 2.75. The molecule has 0 aliphatic rings. The number of hydrogen-bond acceptors (Lipinski definition) is 2. The van der Waals surface area contributed by atoms with E-state index < -0.39 is 0 Å². The first kappa shape index (κ1) is 10.8. The Bertz CT molecular complexity index is 470. The van der Waals surface area contributed by atoms with Crippen molar-refractivity contribution >= 4 is 0 Å². The van der Waals surface area contributed by atoms with E-state index in [9.17, 15) is 0 Å². The predicted octanol–water partition coefficient (Wildman–Crippen LogP) is 2.74. The lowest BCUT2D eigenvalue weighted by molar-refractivity contribution is 0.554. The van der Waals surface area contributed by atoms with Crippen LogP contribution >= 0.6 is 0 Å². The second-order valence-corrected chi connectivity index (χ2v) is 4.48. The van der Waals surface area contributed by atoms with Crippen molar-refractivity contribution in [1.29, 1.82) is 0 Å². The lowest BCUT2D eigenvalue weighted by atomic mass is 9.93. The monoisotopic (exact) mass is 211 g/mol. The molecule has 1 aromatic heterocycles. The molecule has 0 saturated carbocycles. The number of hydrogen-bond donors (Lipinski definition) is 1. The van der Waals surface area contributed by atoms with Crippen molar-refractivity contribution < 1.29 is 0 Å². The van der Waals surface area contributed by atoms with Crippen LogP contribution in [0.2, 0.25) is 0 Å². The van der Waals surface area contributed by atoms with E-state index in [0.717, 1.165) is 16.7 Å². The quantitative estimate of drug-likeness (QED) is 0.829. The van der Waals surface area contributed by atoms with Gasteiger partial charge in [0.15, 0.2) is 0 Å². The van der Waals surface area contributed by atoms with Gasteiger partial charge in [-0.05, 0) is 37.1 Å². The van der Waals surface area contributed by atoms with Crippen LogP contribution in [0.15, 0.2) is 42.7 Å². The fraction of sp³-hybridized carbons (Fsp3) is 0.214. The molecule has 0 bridgehead atoms. The molecule has 1 heterocycles. The van der Waals surface area contributed by atoms with Crippen LogP contribution < -0.4 is 5.73 Å². The van der Waals surface area contributed by atoms with Crippen LogP contribution in [0.1, 0.15) is 19.4 Å². The topological polar surface area (TPSA) is 38.9 Å². The average molecular weight is 211 g/mol. The minimum atomic E-state index is -0.318. The maximum absolute atomic E-state index is 6.08. The molecule has 81 valence electrons. The minimum absolute atomic E-state index is 0.318. The Hall–Kier alpha value is -1.67. The van der Waals surface area contributed by atoms with E-state index in [1.807, 2.05) is 38.2 Å². The van der Waals surface area contributed by atoms with Crippen LogP contribution in [-0.2, 0) is 5.54 Å². The third kappa shape index (κ3) is 2.28. The molecule has 0 fully saturated rings. The van der Waals surface area contributed by atoms with E-state index in [2.05, 4.69) is 23.2 Å². The second kappa shape index (κ2) is 4.06. The predicted molar refractivity (Wildman–Crippen MR) is 65.7 cm³/mol. The summed E-state index contributed by atoms with van der Waals surface area (Å²) in [4.78, 5) is 4.07. The van der Waals surface area contributed by atoms with Crippen LogP contribution in [0.3, 0.4) is 0 Å². The van der Waals surface area contributed by atoms with Crippen molar-refractivity contribution in [2.45, 2.75) is 19.4 Å². The summed E-state index contributed by atoms with van der Waals surface area (Å²) in [6.45, 7) is 4.00. The number of pyridine rings is 1. The SMILES string of the molecule is CC(C)(N)c1cccc(-c2c[c]cnc2)c1. The summed E-state index contributed by atoms with van der Waals surface area (Å²) < 4.78 is 0. The molecule has 0 saturated heterocycles. The van der Waals surface area contributed by atoms with E-state index in [0.29, 0.717) is 0 Å². The molecule has 2 aromatic rings. The highest BCUT2D eigenvalue weighted by molar-refractivity contribution is 5.63. The first-order chi connectivity index (χ1) is 7.57. The zero-order valence-corrected chi connectivity index (χ0v) is 9.57. The highest BCUT2D eigenvalue weighted by atomic mass is 14.7. The lowest BCUT2D eigenvalue weighted by Crippen LogP contribution is -2.28. The fourth-order valence-corrected chi connectivity index (χ4v) is 1.58. The molecule has 0 unspecified atom stereocenters. The fourth-order valence-electron chi connectivity index (χ4n) is 1.58. The van der Waals surface area contributed by atoms with E-state index in [1.54, 1.807) is 6.20 Å². The van der Waals surface area contributed by atoms with Crippen molar-refractivity contribution in [3.05, 3.63) is 54.4 Å². The normalized spacial score (nSPS) is 11.4. The average Bonchev–Trinajstić information content (AvgIpc) is 2.29. The van der Waals surface area contributed by atoms with Gasteiger partial charge in [-0.1, -0.05) is 18.2 Å². The van der Waals surface area contributed by atoms with Crippen LogP contribution in [0, 0.1) is 6.07 Å². The van der Waals surface area contributed by atoms with Gasteiger partial charge < -0.3 is 5.73 Å². The van der Waals surface area contributed by atoms with E-state index >= 15 is 0 Å². The van der Waals surface area contributed by atoms with Crippen molar-refractivity contribution in [1.82, 2.24) is 4.98 Å². The Labute approximate surface area is 96.1 Å². The van der Waals surface area contributed by atoms with Gasteiger partial charge in [0.1, 0.15) is 0 Å². The highest BCUT2D eigenvalue weighted by Gasteiger charge is 2.14. The van der Waals surface area contributed by atoms with Gasteiger partial charge in [0.05, 0.1) is 0 Å². The van der Waals surface area contributed by atoms with Crippen molar-refractivity contribution in [3.8, 4) is 11.1 Å². The molecule has 1 aromatic carbocycles. The maximum atomic E-state index is 6.08. The molecule has 2 heteroatoms. The van der Waals surface area contributed by atoms with Gasteiger partial charge in [0, 0.05) is 29.6 Å². The summed E-state index contributed by atoms with van der Waals surface area (Å²) in [6, 6.07) is 13.1. The molecule has 1 radical (unpaired) electrons. The van der Waals surface area contributed by atoms with Gasteiger partial charge >= 0.3 is 0 Å².